The van der Waals surface area contributed by atoms with Gasteiger partial charge in [0.1, 0.15) is 0 Å². The number of piperidine rings is 1. The number of hydrogen-bond acceptors (Lipinski definition) is 3. The number of rotatable bonds is 5. The molecular weight excluding hydrogens is 272 g/mol. The van der Waals surface area contributed by atoms with Gasteiger partial charge in [0.05, 0.1) is 5.69 Å². The highest BCUT2D eigenvalue weighted by Gasteiger charge is 2.23. The predicted octanol–water partition coefficient (Wildman–Crippen LogP) is 3.11. The molecule has 0 aliphatic carbocycles. The Labute approximate surface area is 133 Å². The van der Waals surface area contributed by atoms with Crippen molar-refractivity contribution in [1.82, 2.24) is 19.7 Å². The van der Waals surface area contributed by atoms with Gasteiger partial charge in [-0.1, -0.05) is 12.5 Å². The van der Waals surface area contributed by atoms with Crippen molar-refractivity contribution in [2.75, 3.05) is 6.54 Å². The van der Waals surface area contributed by atoms with E-state index in [1.54, 1.807) is 0 Å². The average molecular weight is 298 g/mol. The van der Waals surface area contributed by atoms with Gasteiger partial charge in [-0.3, -0.25) is 14.6 Å². The van der Waals surface area contributed by atoms with Crippen molar-refractivity contribution in [3.8, 4) is 0 Å². The minimum absolute atomic E-state index is 0.676. The fourth-order valence-corrected chi connectivity index (χ4v) is 3.48. The lowest BCUT2D eigenvalue weighted by molar-refractivity contribution is 0.132. The van der Waals surface area contributed by atoms with E-state index in [9.17, 15) is 0 Å². The molecule has 0 spiro atoms. The van der Waals surface area contributed by atoms with Crippen molar-refractivity contribution < 1.29 is 0 Å². The van der Waals surface area contributed by atoms with Crippen LogP contribution < -0.4 is 0 Å². The van der Waals surface area contributed by atoms with E-state index in [2.05, 4.69) is 40.2 Å². The first-order valence-corrected chi connectivity index (χ1v) is 8.35. The SMILES string of the molecule is Cc1nn(C)cc1CN1CCCCC1CCc1ccccn1. The molecule has 1 fully saturated rings. The van der Waals surface area contributed by atoms with Crippen LogP contribution in [0.15, 0.2) is 30.6 Å². The van der Waals surface area contributed by atoms with E-state index in [0.29, 0.717) is 6.04 Å². The van der Waals surface area contributed by atoms with Crippen LogP contribution in [0.3, 0.4) is 0 Å². The Morgan fingerprint density at radius 2 is 2.18 bits per heavy atom. The number of hydrogen-bond donors (Lipinski definition) is 0. The molecule has 1 unspecified atom stereocenters. The second kappa shape index (κ2) is 7.05. The molecule has 0 aromatic carbocycles. The van der Waals surface area contributed by atoms with Crippen LogP contribution in [0, 0.1) is 6.92 Å². The third kappa shape index (κ3) is 3.74. The molecule has 0 N–H and O–H groups in total. The molecular formula is C18H26N4. The van der Waals surface area contributed by atoms with Gasteiger partial charge in [0.2, 0.25) is 0 Å². The maximum Gasteiger partial charge on any atom is 0.0638 e. The summed E-state index contributed by atoms with van der Waals surface area (Å²) >= 11 is 0. The third-order valence-electron chi connectivity index (χ3n) is 4.70. The Morgan fingerprint density at radius 3 is 2.91 bits per heavy atom. The zero-order valence-corrected chi connectivity index (χ0v) is 13.7. The van der Waals surface area contributed by atoms with Gasteiger partial charge < -0.3 is 0 Å². The number of nitrogens with zero attached hydrogens (tertiary/aromatic N) is 4. The molecule has 0 amide bonds. The molecule has 0 bridgehead atoms. The van der Waals surface area contributed by atoms with E-state index in [1.165, 1.54) is 43.5 Å². The van der Waals surface area contributed by atoms with Crippen molar-refractivity contribution in [1.29, 1.82) is 0 Å². The number of aryl methyl sites for hydroxylation is 3. The lowest BCUT2D eigenvalue weighted by atomic mass is 9.96. The minimum Gasteiger partial charge on any atom is -0.296 e. The molecule has 4 heteroatoms. The van der Waals surface area contributed by atoms with Gasteiger partial charge in [0.25, 0.3) is 0 Å². The summed E-state index contributed by atoms with van der Waals surface area (Å²) in [5, 5.41) is 4.48. The second-order valence-corrected chi connectivity index (χ2v) is 6.39. The lowest BCUT2D eigenvalue weighted by Gasteiger charge is -2.35. The van der Waals surface area contributed by atoms with Crippen LogP contribution >= 0.6 is 0 Å². The molecule has 2 aromatic heterocycles. The van der Waals surface area contributed by atoms with Gasteiger partial charge in [0, 0.05) is 43.3 Å². The number of aromatic nitrogens is 3. The van der Waals surface area contributed by atoms with Crippen molar-refractivity contribution in [2.24, 2.45) is 7.05 Å². The molecule has 2 aromatic rings. The zero-order chi connectivity index (χ0) is 15.4. The van der Waals surface area contributed by atoms with Crippen LogP contribution in [0.2, 0.25) is 0 Å². The Bertz CT molecular complexity index is 590. The summed E-state index contributed by atoms with van der Waals surface area (Å²) < 4.78 is 1.93. The molecule has 3 heterocycles. The first-order chi connectivity index (χ1) is 10.7. The maximum atomic E-state index is 4.48. The molecule has 22 heavy (non-hydrogen) atoms. The zero-order valence-electron chi connectivity index (χ0n) is 13.7. The van der Waals surface area contributed by atoms with Gasteiger partial charge in [-0.15, -0.1) is 0 Å². The molecule has 1 atom stereocenters. The molecule has 1 aliphatic heterocycles. The summed E-state index contributed by atoms with van der Waals surface area (Å²) in [4.78, 5) is 7.11. The maximum absolute atomic E-state index is 4.48. The number of pyridine rings is 1. The molecule has 0 radical (unpaired) electrons. The number of likely N-dealkylation sites (tertiary alicyclic amines) is 1. The van der Waals surface area contributed by atoms with Gasteiger partial charge >= 0.3 is 0 Å². The fraction of sp³-hybridized carbons (Fsp3) is 0.556. The highest BCUT2D eigenvalue weighted by molar-refractivity contribution is 5.15. The van der Waals surface area contributed by atoms with Crippen molar-refractivity contribution >= 4 is 0 Å². The molecule has 3 rings (SSSR count). The summed E-state index contributed by atoms with van der Waals surface area (Å²) in [6, 6.07) is 6.88. The highest BCUT2D eigenvalue weighted by Crippen LogP contribution is 2.23. The largest absolute Gasteiger partial charge is 0.296 e. The van der Waals surface area contributed by atoms with Crippen LogP contribution in [-0.4, -0.2) is 32.3 Å². The summed E-state index contributed by atoms with van der Waals surface area (Å²) in [6.07, 6.45) is 10.3. The highest BCUT2D eigenvalue weighted by atomic mass is 15.3. The summed E-state index contributed by atoms with van der Waals surface area (Å²) in [5.41, 5.74) is 3.74. The van der Waals surface area contributed by atoms with Gasteiger partial charge in [0.15, 0.2) is 0 Å². The van der Waals surface area contributed by atoms with Crippen molar-refractivity contribution in [3.05, 3.63) is 47.5 Å². The topological polar surface area (TPSA) is 34.0 Å². The molecule has 1 saturated heterocycles. The van der Waals surface area contributed by atoms with Crippen LogP contribution in [0.5, 0.6) is 0 Å². The van der Waals surface area contributed by atoms with Crippen molar-refractivity contribution in [2.45, 2.75) is 51.6 Å². The quantitative estimate of drug-likeness (QED) is 0.850. The summed E-state index contributed by atoms with van der Waals surface area (Å²) in [7, 11) is 2.01. The second-order valence-electron chi connectivity index (χ2n) is 6.39. The third-order valence-corrected chi connectivity index (χ3v) is 4.70. The van der Waals surface area contributed by atoms with Gasteiger partial charge in [-0.2, -0.15) is 5.10 Å². The van der Waals surface area contributed by atoms with E-state index < -0.39 is 0 Å². The van der Waals surface area contributed by atoms with E-state index in [1.807, 2.05) is 24.0 Å². The van der Waals surface area contributed by atoms with Crippen LogP contribution in [0.25, 0.3) is 0 Å². The first kappa shape index (κ1) is 15.2. The van der Waals surface area contributed by atoms with Crippen LogP contribution in [0.1, 0.15) is 42.6 Å². The first-order valence-electron chi connectivity index (χ1n) is 8.35. The van der Waals surface area contributed by atoms with E-state index in [0.717, 1.165) is 18.7 Å². The smallest absolute Gasteiger partial charge is 0.0638 e. The molecule has 118 valence electrons. The van der Waals surface area contributed by atoms with Crippen molar-refractivity contribution in [3.63, 3.8) is 0 Å². The molecule has 0 saturated carbocycles. The molecule has 4 nitrogen and oxygen atoms in total. The van der Waals surface area contributed by atoms with Crippen LogP contribution in [-0.2, 0) is 20.0 Å². The average Bonchev–Trinajstić information content (AvgIpc) is 2.85. The Kier molecular flexibility index (Phi) is 4.88. The standard InChI is InChI=1S/C18H26N4/c1-15-16(13-21(2)20-15)14-22-12-6-4-8-18(22)10-9-17-7-3-5-11-19-17/h3,5,7,11,13,18H,4,6,8-10,12,14H2,1-2H3. The van der Waals surface area contributed by atoms with Gasteiger partial charge in [-0.05, 0) is 51.3 Å². The minimum atomic E-state index is 0.676. The van der Waals surface area contributed by atoms with E-state index in [4.69, 9.17) is 0 Å². The fourth-order valence-electron chi connectivity index (χ4n) is 3.48. The van der Waals surface area contributed by atoms with E-state index >= 15 is 0 Å². The normalized spacial score (nSPS) is 19.5. The van der Waals surface area contributed by atoms with Crippen LogP contribution in [0.4, 0.5) is 0 Å². The molecule has 1 aliphatic rings. The summed E-state index contributed by atoms with van der Waals surface area (Å²) in [5.74, 6) is 0. The monoisotopic (exact) mass is 298 g/mol. The predicted molar refractivity (Wildman–Crippen MR) is 88.6 cm³/mol. The van der Waals surface area contributed by atoms with Gasteiger partial charge in [-0.25, -0.2) is 0 Å². The summed E-state index contributed by atoms with van der Waals surface area (Å²) in [6.45, 7) is 4.36. The Morgan fingerprint density at radius 1 is 1.27 bits per heavy atom. The lowest BCUT2D eigenvalue weighted by Crippen LogP contribution is -2.39. The Balaban J connectivity index is 1.62. The Hall–Kier alpha value is -1.68. The van der Waals surface area contributed by atoms with E-state index in [-0.39, 0.29) is 0 Å².